The molecule has 0 aliphatic rings. The van der Waals surface area contributed by atoms with Crippen LogP contribution in [-0.2, 0) is 7.05 Å². The highest BCUT2D eigenvalue weighted by Gasteiger charge is 2.22. The van der Waals surface area contributed by atoms with Crippen LogP contribution < -0.4 is 4.57 Å². The standard InChI is InChI=1S/C28H28N/c1-19-15-26(28(29(5)18-19)25-14-10-9-11-20(25)2)27-21(3)16-24(17-22(27)4)23-12-7-6-8-13-23/h6-18H,1-5H3/q+1. The molecule has 0 aliphatic carbocycles. The minimum Gasteiger partial charge on any atom is -0.200 e. The summed E-state index contributed by atoms with van der Waals surface area (Å²) >= 11 is 0. The van der Waals surface area contributed by atoms with Crippen LogP contribution in [-0.4, -0.2) is 0 Å². The summed E-state index contributed by atoms with van der Waals surface area (Å²) in [6, 6.07) is 26.3. The molecule has 144 valence electrons. The first-order valence-corrected chi connectivity index (χ1v) is 10.2. The molecular weight excluding hydrogens is 350 g/mol. The summed E-state index contributed by atoms with van der Waals surface area (Å²) in [5.41, 5.74) is 12.9. The Balaban J connectivity index is 1.98. The average Bonchev–Trinajstić information content (AvgIpc) is 2.69. The highest BCUT2D eigenvalue weighted by molar-refractivity contribution is 5.85. The fourth-order valence-corrected chi connectivity index (χ4v) is 4.44. The van der Waals surface area contributed by atoms with Gasteiger partial charge in [-0.1, -0.05) is 60.7 Å². The lowest BCUT2D eigenvalue weighted by atomic mass is 9.88. The van der Waals surface area contributed by atoms with Crippen molar-refractivity contribution in [2.24, 2.45) is 7.05 Å². The Bertz CT molecular complexity index is 1160. The number of rotatable bonds is 3. The predicted molar refractivity (Wildman–Crippen MR) is 123 cm³/mol. The van der Waals surface area contributed by atoms with Crippen LogP contribution in [0, 0.1) is 27.7 Å². The molecule has 0 saturated heterocycles. The predicted octanol–water partition coefficient (Wildman–Crippen LogP) is 6.75. The van der Waals surface area contributed by atoms with Crippen LogP contribution in [0.5, 0.6) is 0 Å². The average molecular weight is 379 g/mol. The Morgan fingerprint density at radius 3 is 1.86 bits per heavy atom. The molecule has 0 unspecified atom stereocenters. The molecule has 1 heterocycles. The second-order valence-electron chi connectivity index (χ2n) is 8.06. The lowest BCUT2D eigenvalue weighted by molar-refractivity contribution is -0.660. The molecule has 1 nitrogen and oxygen atoms in total. The molecule has 0 bridgehead atoms. The van der Waals surface area contributed by atoms with E-state index in [2.05, 4.69) is 118 Å². The summed E-state index contributed by atoms with van der Waals surface area (Å²) in [7, 11) is 2.15. The van der Waals surface area contributed by atoms with Gasteiger partial charge in [0.2, 0.25) is 5.69 Å². The summed E-state index contributed by atoms with van der Waals surface area (Å²) in [6.45, 7) is 8.84. The molecular formula is C28H28N+. The van der Waals surface area contributed by atoms with E-state index in [0.717, 1.165) is 0 Å². The Hall–Kier alpha value is -3.19. The van der Waals surface area contributed by atoms with Crippen LogP contribution in [0.3, 0.4) is 0 Å². The summed E-state index contributed by atoms with van der Waals surface area (Å²) in [4.78, 5) is 0. The van der Waals surface area contributed by atoms with E-state index in [1.54, 1.807) is 0 Å². The van der Waals surface area contributed by atoms with E-state index in [1.807, 2.05) is 0 Å². The molecule has 1 heteroatoms. The fraction of sp³-hybridized carbons (Fsp3) is 0.179. The quantitative estimate of drug-likeness (QED) is 0.347. The van der Waals surface area contributed by atoms with E-state index in [-0.39, 0.29) is 0 Å². The van der Waals surface area contributed by atoms with Gasteiger partial charge in [-0.05, 0) is 73.2 Å². The van der Waals surface area contributed by atoms with Gasteiger partial charge in [-0.2, -0.15) is 0 Å². The Morgan fingerprint density at radius 1 is 0.586 bits per heavy atom. The van der Waals surface area contributed by atoms with Gasteiger partial charge >= 0.3 is 0 Å². The van der Waals surface area contributed by atoms with E-state index in [1.165, 1.54) is 55.8 Å². The van der Waals surface area contributed by atoms with E-state index >= 15 is 0 Å². The van der Waals surface area contributed by atoms with Gasteiger partial charge < -0.3 is 0 Å². The third-order valence-electron chi connectivity index (χ3n) is 5.69. The summed E-state index contributed by atoms with van der Waals surface area (Å²) in [6.07, 6.45) is 2.22. The zero-order valence-corrected chi connectivity index (χ0v) is 18.0. The number of hydrogen-bond acceptors (Lipinski definition) is 0. The van der Waals surface area contributed by atoms with Crippen molar-refractivity contribution in [2.75, 3.05) is 0 Å². The van der Waals surface area contributed by atoms with Crippen molar-refractivity contribution in [1.29, 1.82) is 0 Å². The molecule has 3 aromatic carbocycles. The van der Waals surface area contributed by atoms with Crippen molar-refractivity contribution >= 4 is 0 Å². The van der Waals surface area contributed by atoms with Crippen molar-refractivity contribution < 1.29 is 4.57 Å². The molecule has 29 heavy (non-hydrogen) atoms. The van der Waals surface area contributed by atoms with Gasteiger partial charge in [0, 0.05) is 11.1 Å². The van der Waals surface area contributed by atoms with Gasteiger partial charge in [-0.15, -0.1) is 0 Å². The molecule has 0 spiro atoms. The topological polar surface area (TPSA) is 3.88 Å². The molecule has 0 fully saturated rings. The maximum Gasteiger partial charge on any atom is 0.220 e. The van der Waals surface area contributed by atoms with Crippen molar-refractivity contribution in [3.8, 4) is 33.5 Å². The molecule has 0 amide bonds. The number of aryl methyl sites for hydroxylation is 5. The van der Waals surface area contributed by atoms with Crippen LogP contribution in [0.15, 0.2) is 79.0 Å². The highest BCUT2D eigenvalue weighted by atomic mass is 14.9. The van der Waals surface area contributed by atoms with E-state index < -0.39 is 0 Å². The Kier molecular flexibility index (Phi) is 5.07. The van der Waals surface area contributed by atoms with E-state index in [0.29, 0.717) is 0 Å². The minimum atomic E-state index is 1.26. The van der Waals surface area contributed by atoms with Gasteiger partial charge in [-0.3, -0.25) is 0 Å². The number of pyridine rings is 1. The maximum absolute atomic E-state index is 2.33. The monoisotopic (exact) mass is 378 g/mol. The van der Waals surface area contributed by atoms with Crippen molar-refractivity contribution in [1.82, 2.24) is 0 Å². The third kappa shape index (κ3) is 3.61. The Labute approximate surface area is 174 Å². The first-order chi connectivity index (χ1) is 14.0. The first kappa shape index (κ1) is 19.1. The molecule has 4 rings (SSSR count). The molecule has 0 N–H and O–H groups in total. The van der Waals surface area contributed by atoms with Crippen LogP contribution >= 0.6 is 0 Å². The molecule has 1 aromatic heterocycles. The lowest BCUT2D eigenvalue weighted by Gasteiger charge is -2.17. The smallest absolute Gasteiger partial charge is 0.200 e. The van der Waals surface area contributed by atoms with Gasteiger partial charge in [-0.25, -0.2) is 4.57 Å². The minimum absolute atomic E-state index is 1.26. The number of nitrogens with zero attached hydrogens (tertiary/aromatic N) is 1. The molecule has 0 atom stereocenters. The Morgan fingerprint density at radius 2 is 1.21 bits per heavy atom. The second-order valence-corrected chi connectivity index (χ2v) is 8.06. The zero-order valence-electron chi connectivity index (χ0n) is 18.0. The zero-order chi connectivity index (χ0) is 20.5. The maximum atomic E-state index is 2.33. The van der Waals surface area contributed by atoms with Crippen LogP contribution in [0.25, 0.3) is 33.5 Å². The fourth-order valence-electron chi connectivity index (χ4n) is 4.44. The van der Waals surface area contributed by atoms with Gasteiger partial charge in [0.25, 0.3) is 0 Å². The molecule has 0 radical (unpaired) electrons. The summed E-state index contributed by atoms with van der Waals surface area (Å²) < 4.78 is 2.27. The molecule has 0 saturated carbocycles. The number of hydrogen-bond donors (Lipinski definition) is 0. The largest absolute Gasteiger partial charge is 0.220 e. The van der Waals surface area contributed by atoms with E-state index in [4.69, 9.17) is 0 Å². The first-order valence-electron chi connectivity index (χ1n) is 10.2. The molecule has 0 aliphatic heterocycles. The molecule has 4 aromatic rings. The van der Waals surface area contributed by atoms with Gasteiger partial charge in [0.05, 0.1) is 5.56 Å². The van der Waals surface area contributed by atoms with Gasteiger partial charge in [0.1, 0.15) is 7.05 Å². The van der Waals surface area contributed by atoms with Crippen molar-refractivity contribution in [3.05, 3.63) is 101 Å². The number of aromatic nitrogens is 1. The summed E-state index contributed by atoms with van der Waals surface area (Å²) in [5.74, 6) is 0. The third-order valence-corrected chi connectivity index (χ3v) is 5.69. The van der Waals surface area contributed by atoms with Crippen LogP contribution in [0.1, 0.15) is 22.3 Å². The van der Waals surface area contributed by atoms with E-state index in [9.17, 15) is 0 Å². The summed E-state index contributed by atoms with van der Waals surface area (Å²) in [5, 5.41) is 0. The highest BCUT2D eigenvalue weighted by Crippen LogP contribution is 2.37. The van der Waals surface area contributed by atoms with Crippen molar-refractivity contribution in [3.63, 3.8) is 0 Å². The van der Waals surface area contributed by atoms with Crippen LogP contribution in [0.4, 0.5) is 0 Å². The van der Waals surface area contributed by atoms with Crippen LogP contribution in [0.2, 0.25) is 0 Å². The normalized spacial score (nSPS) is 10.9. The SMILES string of the molecule is Cc1cc(-c2c(C)cc(-c3ccccc3)cc2C)c(-c2ccccc2C)[n+](C)c1. The second kappa shape index (κ2) is 7.67. The van der Waals surface area contributed by atoms with Gasteiger partial charge in [0.15, 0.2) is 6.20 Å². The number of benzene rings is 3. The lowest BCUT2D eigenvalue weighted by Crippen LogP contribution is -2.32. The van der Waals surface area contributed by atoms with Crippen molar-refractivity contribution in [2.45, 2.75) is 27.7 Å².